The van der Waals surface area contributed by atoms with E-state index in [1.807, 2.05) is 60.0 Å². The smallest absolute Gasteiger partial charge is 0.240 e. The van der Waals surface area contributed by atoms with E-state index < -0.39 is 0 Å². The van der Waals surface area contributed by atoms with Gasteiger partial charge in [-0.25, -0.2) is 4.98 Å². The second-order valence-corrected chi connectivity index (χ2v) is 6.19. The molecule has 0 fully saturated rings. The highest BCUT2D eigenvalue weighted by Gasteiger charge is 2.17. The lowest BCUT2D eigenvalue weighted by molar-refractivity contribution is -0.122. The minimum atomic E-state index is -0.197. The van der Waals surface area contributed by atoms with Gasteiger partial charge in [-0.1, -0.05) is 30.3 Å². The number of aromatic nitrogens is 2. The van der Waals surface area contributed by atoms with Crippen molar-refractivity contribution in [3.63, 3.8) is 0 Å². The summed E-state index contributed by atoms with van der Waals surface area (Å²) in [5.41, 5.74) is 2.57. The molecule has 0 bridgehead atoms. The number of ether oxygens (including phenoxy) is 1. The molecule has 1 amide bonds. The van der Waals surface area contributed by atoms with Crippen LogP contribution in [0.1, 0.15) is 18.5 Å². The van der Waals surface area contributed by atoms with Gasteiger partial charge in [0.25, 0.3) is 0 Å². The summed E-state index contributed by atoms with van der Waals surface area (Å²) >= 11 is 0. The number of nitrogens with one attached hydrogen (secondary N) is 2. The molecule has 0 aliphatic carbocycles. The van der Waals surface area contributed by atoms with Gasteiger partial charge >= 0.3 is 0 Å². The molecule has 1 aromatic heterocycles. The lowest BCUT2D eigenvalue weighted by Crippen LogP contribution is -2.30. The highest BCUT2D eigenvalue weighted by atomic mass is 16.5. The van der Waals surface area contributed by atoms with Crippen LogP contribution in [0.3, 0.4) is 0 Å². The van der Waals surface area contributed by atoms with Crippen LogP contribution in [0, 0.1) is 0 Å². The first kappa shape index (κ1) is 18.7. The van der Waals surface area contributed by atoms with Crippen molar-refractivity contribution >= 4 is 22.9 Å². The van der Waals surface area contributed by atoms with E-state index in [4.69, 9.17) is 9.84 Å². The van der Waals surface area contributed by atoms with E-state index in [-0.39, 0.29) is 25.1 Å². The summed E-state index contributed by atoms with van der Waals surface area (Å²) in [7, 11) is 1.62. The van der Waals surface area contributed by atoms with Gasteiger partial charge in [-0.05, 0) is 25.1 Å². The molecule has 27 heavy (non-hydrogen) atoms. The average Bonchev–Trinajstić information content (AvgIpc) is 3.03. The molecule has 1 heterocycles. The van der Waals surface area contributed by atoms with Crippen molar-refractivity contribution in [1.82, 2.24) is 14.9 Å². The topological polar surface area (TPSA) is 88.4 Å². The van der Waals surface area contributed by atoms with Crippen LogP contribution in [0.5, 0.6) is 5.75 Å². The van der Waals surface area contributed by atoms with Gasteiger partial charge in [-0.15, -0.1) is 0 Å². The van der Waals surface area contributed by atoms with Crippen molar-refractivity contribution in [1.29, 1.82) is 0 Å². The van der Waals surface area contributed by atoms with Gasteiger partial charge in [-0.2, -0.15) is 0 Å². The maximum Gasteiger partial charge on any atom is 0.240 e. The second kappa shape index (κ2) is 8.55. The van der Waals surface area contributed by atoms with Crippen molar-refractivity contribution in [3.8, 4) is 5.75 Å². The van der Waals surface area contributed by atoms with E-state index in [0.29, 0.717) is 12.5 Å². The van der Waals surface area contributed by atoms with Gasteiger partial charge in [-0.3, -0.25) is 4.79 Å². The van der Waals surface area contributed by atoms with E-state index in [1.165, 1.54) is 0 Å². The fourth-order valence-corrected chi connectivity index (χ4v) is 3.07. The highest BCUT2D eigenvalue weighted by molar-refractivity contribution is 5.83. The molecule has 1 atom stereocenters. The van der Waals surface area contributed by atoms with Crippen LogP contribution in [0.2, 0.25) is 0 Å². The van der Waals surface area contributed by atoms with Gasteiger partial charge in [0.05, 0.1) is 30.8 Å². The van der Waals surface area contributed by atoms with Crippen LogP contribution in [-0.4, -0.2) is 40.8 Å². The van der Waals surface area contributed by atoms with Crippen LogP contribution in [0.4, 0.5) is 5.95 Å². The van der Waals surface area contributed by atoms with Gasteiger partial charge in [0.2, 0.25) is 11.9 Å². The van der Waals surface area contributed by atoms with Crippen LogP contribution in [0.15, 0.2) is 48.5 Å². The number of anilines is 1. The molecule has 3 aromatic rings. The van der Waals surface area contributed by atoms with Crippen molar-refractivity contribution in [3.05, 3.63) is 54.1 Å². The molecule has 0 saturated carbocycles. The fourth-order valence-electron chi connectivity index (χ4n) is 3.07. The largest absolute Gasteiger partial charge is 0.496 e. The molecule has 142 valence electrons. The normalized spacial score (nSPS) is 12.0. The number of carbonyl (C=O) groups excluding carboxylic acids is 1. The zero-order chi connectivity index (χ0) is 19.2. The van der Waals surface area contributed by atoms with Crippen molar-refractivity contribution in [2.45, 2.75) is 19.5 Å². The SMILES string of the molecule is COc1ccccc1C(C)NC(=O)Cn1c(NCCO)nc2ccccc21. The Bertz CT molecular complexity index is 922. The number of nitrogens with zero attached hydrogens (tertiary/aromatic N) is 2. The summed E-state index contributed by atoms with van der Waals surface area (Å²) in [5, 5.41) is 15.2. The summed E-state index contributed by atoms with van der Waals surface area (Å²) in [6, 6.07) is 15.1. The number of benzene rings is 2. The molecule has 0 radical (unpaired) electrons. The summed E-state index contributed by atoms with van der Waals surface area (Å²) < 4.78 is 7.19. The molecule has 1 unspecified atom stereocenters. The number of rotatable bonds is 8. The first-order valence-corrected chi connectivity index (χ1v) is 8.86. The zero-order valence-corrected chi connectivity index (χ0v) is 15.5. The van der Waals surface area contributed by atoms with Gasteiger partial charge < -0.3 is 25.0 Å². The number of hydrogen-bond acceptors (Lipinski definition) is 5. The Hall–Kier alpha value is -3.06. The molecule has 0 saturated heterocycles. The van der Waals surface area contributed by atoms with Crippen molar-refractivity contribution in [2.75, 3.05) is 25.6 Å². The van der Waals surface area contributed by atoms with E-state index in [0.717, 1.165) is 22.3 Å². The van der Waals surface area contributed by atoms with E-state index in [1.54, 1.807) is 7.11 Å². The van der Waals surface area contributed by atoms with E-state index >= 15 is 0 Å². The third-order valence-corrected chi connectivity index (χ3v) is 4.33. The molecule has 0 spiro atoms. The fraction of sp³-hybridized carbons (Fsp3) is 0.300. The van der Waals surface area contributed by atoms with Crippen molar-refractivity contribution < 1.29 is 14.6 Å². The zero-order valence-electron chi connectivity index (χ0n) is 15.5. The number of para-hydroxylation sites is 3. The Labute approximate surface area is 158 Å². The quantitative estimate of drug-likeness (QED) is 0.568. The predicted molar refractivity (Wildman–Crippen MR) is 105 cm³/mol. The van der Waals surface area contributed by atoms with Gasteiger partial charge in [0, 0.05) is 12.1 Å². The second-order valence-electron chi connectivity index (χ2n) is 6.19. The number of fused-ring (bicyclic) bond motifs is 1. The Morgan fingerprint density at radius 2 is 1.96 bits per heavy atom. The van der Waals surface area contributed by atoms with E-state index in [2.05, 4.69) is 15.6 Å². The number of methoxy groups -OCH3 is 1. The average molecular weight is 368 g/mol. The third kappa shape index (κ3) is 4.20. The Morgan fingerprint density at radius 1 is 1.22 bits per heavy atom. The Kier molecular flexibility index (Phi) is 5.93. The molecule has 7 nitrogen and oxygen atoms in total. The number of amides is 1. The third-order valence-electron chi connectivity index (χ3n) is 4.33. The lowest BCUT2D eigenvalue weighted by atomic mass is 10.1. The van der Waals surface area contributed by atoms with Crippen LogP contribution < -0.4 is 15.4 Å². The molecule has 0 aliphatic heterocycles. The van der Waals surface area contributed by atoms with Crippen LogP contribution >= 0.6 is 0 Å². The number of aliphatic hydroxyl groups is 1. The summed E-state index contributed by atoms with van der Waals surface area (Å²) in [6.45, 7) is 2.39. The molecule has 3 rings (SSSR count). The number of aliphatic hydroxyl groups excluding tert-OH is 1. The summed E-state index contributed by atoms with van der Waals surface area (Å²) in [5.74, 6) is 1.16. The minimum Gasteiger partial charge on any atom is -0.496 e. The lowest BCUT2D eigenvalue weighted by Gasteiger charge is -2.18. The first-order valence-electron chi connectivity index (χ1n) is 8.86. The van der Waals surface area contributed by atoms with Gasteiger partial charge in [0.15, 0.2) is 0 Å². The highest BCUT2D eigenvalue weighted by Crippen LogP contribution is 2.24. The predicted octanol–water partition coefficient (Wildman–Crippen LogP) is 2.33. The summed E-state index contributed by atoms with van der Waals surface area (Å²) in [4.78, 5) is 17.2. The maximum atomic E-state index is 12.7. The summed E-state index contributed by atoms with van der Waals surface area (Å²) in [6.07, 6.45) is 0. The molecule has 2 aromatic carbocycles. The Balaban J connectivity index is 1.79. The van der Waals surface area contributed by atoms with Crippen LogP contribution in [-0.2, 0) is 11.3 Å². The van der Waals surface area contributed by atoms with E-state index in [9.17, 15) is 4.79 Å². The van der Waals surface area contributed by atoms with Gasteiger partial charge in [0.1, 0.15) is 12.3 Å². The van der Waals surface area contributed by atoms with Crippen molar-refractivity contribution in [2.24, 2.45) is 0 Å². The standard InChI is InChI=1S/C20H24N4O3/c1-14(15-7-3-6-10-18(15)27-2)22-19(26)13-24-17-9-5-4-8-16(17)23-20(24)21-11-12-25/h3-10,14,25H,11-13H2,1-2H3,(H,21,23)(H,22,26). The van der Waals surface area contributed by atoms with Crippen LogP contribution in [0.25, 0.3) is 11.0 Å². The number of imidazole rings is 1. The monoisotopic (exact) mass is 368 g/mol. The minimum absolute atomic E-state index is 0.0137. The molecule has 0 aliphatic rings. The molecular formula is C20H24N4O3. The number of carbonyl (C=O) groups is 1. The molecular weight excluding hydrogens is 344 g/mol. The Morgan fingerprint density at radius 3 is 2.74 bits per heavy atom. The molecule has 7 heteroatoms. The first-order chi connectivity index (χ1) is 13.1. The number of hydrogen-bond donors (Lipinski definition) is 3. The maximum absolute atomic E-state index is 12.7. The molecule has 3 N–H and O–H groups in total.